The Morgan fingerprint density at radius 1 is 1.63 bits per heavy atom. The van der Waals surface area contributed by atoms with Crippen LogP contribution in [-0.4, -0.2) is 49.7 Å². The highest BCUT2D eigenvalue weighted by Gasteiger charge is 2.13. The van der Waals surface area contributed by atoms with E-state index in [1.54, 1.807) is 37.4 Å². The predicted molar refractivity (Wildman–Crippen MR) is 78.3 cm³/mol. The summed E-state index contributed by atoms with van der Waals surface area (Å²) in [5, 5.41) is 2.74. The molecule has 104 valence electrons. The maximum atomic E-state index is 11.7. The third-order valence-electron chi connectivity index (χ3n) is 2.42. The molecule has 0 saturated heterocycles. The molecule has 0 unspecified atom stereocenters. The molecule has 1 amide bonds. The van der Waals surface area contributed by atoms with Crippen LogP contribution >= 0.6 is 12.2 Å². The number of hydrogen-bond acceptors (Lipinski definition) is 5. The van der Waals surface area contributed by atoms with Gasteiger partial charge in [0, 0.05) is 26.9 Å². The van der Waals surface area contributed by atoms with E-state index in [2.05, 4.69) is 10.3 Å². The van der Waals surface area contributed by atoms with Crippen LogP contribution in [0.4, 0.5) is 5.82 Å². The van der Waals surface area contributed by atoms with Crippen molar-refractivity contribution in [1.29, 1.82) is 0 Å². The summed E-state index contributed by atoms with van der Waals surface area (Å²) in [6.45, 7) is 1.14. The second kappa shape index (κ2) is 7.65. The molecule has 0 saturated carbocycles. The lowest BCUT2D eigenvalue weighted by atomic mass is 10.2. The Labute approximate surface area is 117 Å². The average molecular weight is 282 g/mol. The summed E-state index contributed by atoms with van der Waals surface area (Å²) in [4.78, 5) is 17.8. The Bertz CT molecular complexity index is 453. The number of ether oxygens (including phenoxy) is 1. The van der Waals surface area contributed by atoms with E-state index >= 15 is 0 Å². The molecule has 6 nitrogen and oxygen atoms in total. The smallest absolute Gasteiger partial charge is 0.239 e. The number of amides is 1. The van der Waals surface area contributed by atoms with Crippen molar-refractivity contribution in [3.63, 3.8) is 0 Å². The number of thiocarbonyl (C=S) groups is 1. The zero-order valence-corrected chi connectivity index (χ0v) is 11.9. The highest BCUT2D eigenvalue weighted by molar-refractivity contribution is 7.80. The number of hydrogen-bond donors (Lipinski definition) is 2. The Morgan fingerprint density at radius 2 is 2.37 bits per heavy atom. The number of likely N-dealkylation sites (N-methyl/N-ethyl adjacent to an activating group) is 1. The second-order valence-electron chi connectivity index (χ2n) is 3.94. The van der Waals surface area contributed by atoms with Gasteiger partial charge in [-0.1, -0.05) is 12.2 Å². The number of nitrogens with one attached hydrogen (secondary N) is 1. The molecule has 7 heteroatoms. The first-order chi connectivity index (χ1) is 9.06. The molecule has 0 aromatic carbocycles. The van der Waals surface area contributed by atoms with E-state index in [1.807, 2.05) is 0 Å². The van der Waals surface area contributed by atoms with E-state index in [1.165, 1.54) is 0 Å². The Kier molecular flexibility index (Phi) is 6.17. The van der Waals surface area contributed by atoms with Crippen molar-refractivity contribution in [3.05, 3.63) is 23.9 Å². The van der Waals surface area contributed by atoms with E-state index in [0.717, 1.165) is 0 Å². The van der Waals surface area contributed by atoms with Crippen molar-refractivity contribution >= 4 is 28.9 Å². The van der Waals surface area contributed by atoms with Crippen LogP contribution in [0.1, 0.15) is 5.56 Å². The number of rotatable bonds is 7. The van der Waals surface area contributed by atoms with Crippen molar-refractivity contribution < 1.29 is 9.53 Å². The Morgan fingerprint density at radius 3 is 3.00 bits per heavy atom. The minimum Gasteiger partial charge on any atom is -0.389 e. The van der Waals surface area contributed by atoms with Crippen LogP contribution < -0.4 is 16.0 Å². The van der Waals surface area contributed by atoms with Gasteiger partial charge in [-0.2, -0.15) is 0 Å². The Balaban J connectivity index is 2.65. The minimum absolute atomic E-state index is 0.112. The first-order valence-corrected chi connectivity index (χ1v) is 6.18. The number of nitrogens with two attached hydrogens (primary N) is 1. The van der Waals surface area contributed by atoms with Crippen molar-refractivity contribution in [2.24, 2.45) is 5.73 Å². The molecule has 0 spiro atoms. The van der Waals surface area contributed by atoms with Gasteiger partial charge in [0.2, 0.25) is 5.91 Å². The quantitative estimate of drug-likeness (QED) is 0.537. The fourth-order valence-electron chi connectivity index (χ4n) is 1.53. The number of aromatic nitrogens is 1. The van der Waals surface area contributed by atoms with Crippen LogP contribution in [0.25, 0.3) is 0 Å². The van der Waals surface area contributed by atoms with E-state index in [-0.39, 0.29) is 17.4 Å². The molecule has 1 rings (SSSR count). The number of methoxy groups -OCH3 is 1. The SMILES string of the molecule is COCCNC(=O)CN(C)c1ncccc1C(N)=S. The van der Waals surface area contributed by atoms with Gasteiger partial charge in [0.15, 0.2) is 0 Å². The number of carbonyl (C=O) groups is 1. The summed E-state index contributed by atoms with van der Waals surface area (Å²) < 4.78 is 4.86. The monoisotopic (exact) mass is 282 g/mol. The molecule has 1 aromatic heterocycles. The van der Waals surface area contributed by atoms with E-state index in [4.69, 9.17) is 22.7 Å². The molecule has 0 fully saturated rings. The molecular weight excluding hydrogens is 264 g/mol. The lowest BCUT2D eigenvalue weighted by molar-refractivity contribution is -0.119. The summed E-state index contributed by atoms with van der Waals surface area (Å²) in [6.07, 6.45) is 1.64. The van der Waals surface area contributed by atoms with Gasteiger partial charge in [-0.3, -0.25) is 4.79 Å². The Hall–Kier alpha value is -1.73. The molecule has 3 N–H and O–H groups in total. The lowest BCUT2D eigenvalue weighted by Crippen LogP contribution is -2.37. The summed E-state index contributed by atoms with van der Waals surface area (Å²) in [5.41, 5.74) is 6.29. The van der Waals surface area contributed by atoms with E-state index in [9.17, 15) is 4.79 Å². The average Bonchev–Trinajstić information content (AvgIpc) is 2.39. The van der Waals surface area contributed by atoms with Crippen LogP contribution in [-0.2, 0) is 9.53 Å². The highest BCUT2D eigenvalue weighted by Crippen LogP contribution is 2.14. The van der Waals surface area contributed by atoms with Crippen LogP contribution in [0.5, 0.6) is 0 Å². The second-order valence-corrected chi connectivity index (χ2v) is 4.38. The number of pyridine rings is 1. The number of nitrogens with zero attached hydrogens (tertiary/aromatic N) is 2. The molecular formula is C12H18N4O2S. The van der Waals surface area contributed by atoms with Gasteiger partial charge in [0.05, 0.1) is 18.7 Å². The third kappa shape index (κ3) is 4.80. The van der Waals surface area contributed by atoms with Crippen LogP contribution in [0, 0.1) is 0 Å². The summed E-state index contributed by atoms with van der Waals surface area (Å²) in [5.74, 6) is 0.482. The molecule has 0 atom stereocenters. The van der Waals surface area contributed by atoms with Crippen molar-refractivity contribution in [2.75, 3.05) is 38.8 Å². The lowest BCUT2D eigenvalue weighted by Gasteiger charge is -2.20. The first-order valence-electron chi connectivity index (χ1n) is 5.78. The molecule has 0 aliphatic rings. The summed E-state index contributed by atoms with van der Waals surface area (Å²) in [6, 6.07) is 3.54. The van der Waals surface area contributed by atoms with Gasteiger partial charge in [0.25, 0.3) is 0 Å². The van der Waals surface area contributed by atoms with E-state index in [0.29, 0.717) is 24.5 Å². The molecule has 0 bridgehead atoms. The highest BCUT2D eigenvalue weighted by atomic mass is 32.1. The molecule has 1 heterocycles. The topological polar surface area (TPSA) is 80.5 Å². The zero-order valence-electron chi connectivity index (χ0n) is 11.0. The van der Waals surface area contributed by atoms with Crippen LogP contribution in [0.15, 0.2) is 18.3 Å². The molecule has 1 aromatic rings. The van der Waals surface area contributed by atoms with Crippen molar-refractivity contribution in [1.82, 2.24) is 10.3 Å². The third-order valence-corrected chi connectivity index (χ3v) is 2.64. The normalized spacial score (nSPS) is 10.0. The van der Waals surface area contributed by atoms with Gasteiger partial charge in [0.1, 0.15) is 10.8 Å². The predicted octanol–water partition coefficient (Wildman–Crippen LogP) is -0.0854. The number of anilines is 1. The van der Waals surface area contributed by atoms with Gasteiger partial charge < -0.3 is 20.7 Å². The number of carbonyl (C=O) groups excluding carboxylic acids is 1. The minimum atomic E-state index is -0.112. The van der Waals surface area contributed by atoms with E-state index < -0.39 is 0 Å². The molecule has 19 heavy (non-hydrogen) atoms. The standard InChI is InChI=1S/C12H18N4O2S/c1-16(8-10(17)14-6-7-18-2)12-9(11(13)19)4-3-5-15-12/h3-5H,6-8H2,1-2H3,(H2,13,19)(H,14,17). The largest absolute Gasteiger partial charge is 0.389 e. The fourth-order valence-corrected chi connectivity index (χ4v) is 1.69. The van der Waals surface area contributed by atoms with Crippen LogP contribution in [0.3, 0.4) is 0 Å². The summed E-state index contributed by atoms with van der Waals surface area (Å²) >= 11 is 4.96. The zero-order chi connectivity index (χ0) is 14.3. The maximum absolute atomic E-state index is 11.7. The maximum Gasteiger partial charge on any atom is 0.239 e. The first kappa shape index (κ1) is 15.3. The van der Waals surface area contributed by atoms with Crippen molar-refractivity contribution in [2.45, 2.75) is 0 Å². The van der Waals surface area contributed by atoms with Gasteiger partial charge in [-0.15, -0.1) is 0 Å². The van der Waals surface area contributed by atoms with Crippen LogP contribution in [0.2, 0.25) is 0 Å². The molecule has 0 aliphatic heterocycles. The fraction of sp³-hybridized carbons (Fsp3) is 0.417. The molecule has 0 aliphatic carbocycles. The van der Waals surface area contributed by atoms with Gasteiger partial charge in [-0.05, 0) is 12.1 Å². The van der Waals surface area contributed by atoms with Crippen molar-refractivity contribution in [3.8, 4) is 0 Å². The summed E-state index contributed by atoms with van der Waals surface area (Å²) in [7, 11) is 3.35. The molecule has 0 radical (unpaired) electrons. The van der Waals surface area contributed by atoms with Gasteiger partial charge in [-0.25, -0.2) is 4.98 Å². The van der Waals surface area contributed by atoms with Gasteiger partial charge >= 0.3 is 0 Å².